The predicted molar refractivity (Wildman–Crippen MR) is 75.3 cm³/mol. The molecule has 0 aromatic carbocycles. The Balaban J connectivity index is 2.42. The molecule has 0 spiro atoms. The van der Waals surface area contributed by atoms with Crippen molar-refractivity contribution in [1.82, 2.24) is 15.1 Å². The molecule has 1 aromatic heterocycles. The Morgan fingerprint density at radius 2 is 1.95 bits per heavy atom. The summed E-state index contributed by atoms with van der Waals surface area (Å²) in [5.41, 5.74) is 2.37. The molecule has 0 saturated carbocycles. The summed E-state index contributed by atoms with van der Waals surface area (Å²) in [5.74, 6) is -1.40. The maximum atomic E-state index is 11.7. The van der Waals surface area contributed by atoms with E-state index in [1.807, 2.05) is 24.6 Å². The van der Waals surface area contributed by atoms with Crippen molar-refractivity contribution in [2.45, 2.75) is 40.7 Å². The Morgan fingerprint density at radius 3 is 2.45 bits per heavy atom. The monoisotopic (exact) mass is 279 g/mol. The fourth-order valence-corrected chi connectivity index (χ4v) is 1.80. The number of aliphatic carboxylic acids is 1. The predicted octanol–water partition coefficient (Wildman–Crippen LogP) is 1.43. The first-order chi connectivity index (χ1) is 9.32. The first kappa shape index (κ1) is 15.9. The minimum atomic E-state index is -1.07. The second kappa shape index (κ2) is 6.88. The Bertz CT molecular complexity index is 544. The molecule has 1 amide bonds. The van der Waals surface area contributed by atoms with Gasteiger partial charge in [0.25, 0.3) is 0 Å². The Morgan fingerprint density at radius 1 is 1.30 bits per heavy atom. The van der Waals surface area contributed by atoms with E-state index < -0.39 is 5.97 Å². The van der Waals surface area contributed by atoms with Gasteiger partial charge in [0.15, 0.2) is 0 Å². The van der Waals surface area contributed by atoms with Crippen molar-refractivity contribution in [3.63, 3.8) is 0 Å². The molecular weight excluding hydrogens is 258 g/mol. The third-order valence-corrected chi connectivity index (χ3v) is 3.16. The van der Waals surface area contributed by atoms with Crippen LogP contribution in [0.3, 0.4) is 0 Å². The SMILES string of the molecule is C/C(C(=O)O)=C(/C)C(=O)NCCCn1nc(C)cc1C. The van der Waals surface area contributed by atoms with Crippen molar-refractivity contribution in [3.8, 4) is 0 Å². The highest BCUT2D eigenvalue weighted by atomic mass is 16.4. The summed E-state index contributed by atoms with van der Waals surface area (Å²) in [6.45, 7) is 8.07. The molecule has 0 radical (unpaired) electrons. The highest BCUT2D eigenvalue weighted by Crippen LogP contribution is 2.04. The lowest BCUT2D eigenvalue weighted by Crippen LogP contribution is -2.27. The average Bonchev–Trinajstić information content (AvgIpc) is 2.70. The average molecular weight is 279 g/mol. The number of carbonyl (C=O) groups is 2. The number of aromatic nitrogens is 2. The van der Waals surface area contributed by atoms with Crippen LogP contribution in [-0.4, -0.2) is 33.3 Å². The molecular formula is C14H21N3O3. The van der Waals surface area contributed by atoms with Crippen LogP contribution in [-0.2, 0) is 16.1 Å². The second-order valence-corrected chi connectivity index (χ2v) is 4.81. The van der Waals surface area contributed by atoms with Gasteiger partial charge in [0.2, 0.25) is 5.91 Å². The molecule has 0 saturated heterocycles. The Labute approximate surface area is 118 Å². The summed E-state index contributed by atoms with van der Waals surface area (Å²) in [4.78, 5) is 22.5. The lowest BCUT2D eigenvalue weighted by molar-refractivity contribution is -0.133. The lowest BCUT2D eigenvalue weighted by Gasteiger charge is -2.08. The minimum absolute atomic E-state index is 0.0704. The summed E-state index contributed by atoms with van der Waals surface area (Å²) >= 11 is 0. The molecule has 0 aliphatic rings. The van der Waals surface area contributed by atoms with E-state index in [1.54, 1.807) is 0 Å². The van der Waals surface area contributed by atoms with Crippen LogP contribution in [0.15, 0.2) is 17.2 Å². The van der Waals surface area contributed by atoms with E-state index in [2.05, 4.69) is 10.4 Å². The van der Waals surface area contributed by atoms with Gasteiger partial charge in [0.1, 0.15) is 0 Å². The summed E-state index contributed by atoms with van der Waals surface area (Å²) in [6, 6.07) is 2.00. The van der Waals surface area contributed by atoms with Gasteiger partial charge in [-0.15, -0.1) is 0 Å². The van der Waals surface area contributed by atoms with Crippen LogP contribution < -0.4 is 5.32 Å². The zero-order valence-corrected chi connectivity index (χ0v) is 12.4. The van der Waals surface area contributed by atoms with Crippen molar-refractivity contribution >= 4 is 11.9 Å². The van der Waals surface area contributed by atoms with Gasteiger partial charge in [-0.25, -0.2) is 4.79 Å². The number of carboxylic acids is 1. The molecule has 1 rings (SSSR count). The number of carboxylic acid groups (broad SMARTS) is 1. The second-order valence-electron chi connectivity index (χ2n) is 4.81. The smallest absolute Gasteiger partial charge is 0.331 e. The quantitative estimate of drug-likeness (QED) is 0.609. The first-order valence-corrected chi connectivity index (χ1v) is 6.53. The number of amides is 1. The van der Waals surface area contributed by atoms with E-state index in [0.717, 1.165) is 24.4 Å². The Kier molecular flexibility index (Phi) is 5.49. The summed E-state index contributed by atoms with van der Waals surface area (Å²) in [5, 5.41) is 15.8. The number of rotatable bonds is 6. The van der Waals surface area contributed by atoms with Gasteiger partial charge in [-0.05, 0) is 40.2 Å². The highest BCUT2D eigenvalue weighted by Gasteiger charge is 2.11. The van der Waals surface area contributed by atoms with Gasteiger partial charge >= 0.3 is 5.97 Å². The molecule has 0 aliphatic heterocycles. The molecule has 0 atom stereocenters. The van der Waals surface area contributed by atoms with Crippen molar-refractivity contribution < 1.29 is 14.7 Å². The molecule has 6 heteroatoms. The van der Waals surface area contributed by atoms with Crippen molar-refractivity contribution in [2.75, 3.05) is 6.54 Å². The van der Waals surface area contributed by atoms with Gasteiger partial charge in [0, 0.05) is 29.9 Å². The van der Waals surface area contributed by atoms with Crippen LogP contribution in [0.5, 0.6) is 0 Å². The molecule has 1 aromatic rings. The molecule has 20 heavy (non-hydrogen) atoms. The number of nitrogens with zero attached hydrogens (tertiary/aromatic N) is 2. The van der Waals surface area contributed by atoms with E-state index >= 15 is 0 Å². The zero-order valence-electron chi connectivity index (χ0n) is 12.4. The molecule has 6 nitrogen and oxygen atoms in total. The van der Waals surface area contributed by atoms with Gasteiger partial charge in [-0.3, -0.25) is 9.48 Å². The number of aryl methyl sites for hydroxylation is 3. The number of nitrogens with one attached hydrogen (secondary N) is 1. The normalized spacial score (nSPS) is 12.0. The molecule has 0 unspecified atom stereocenters. The number of carbonyl (C=O) groups excluding carboxylic acids is 1. The van der Waals surface area contributed by atoms with Gasteiger partial charge in [0.05, 0.1) is 5.69 Å². The summed E-state index contributed by atoms with van der Waals surface area (Å²) in [7, 11) is 0. The third kappa shape index (κ3) is 4.22. The van der Waals surface area contributed by atoms with Crippen LogP contribution in [0.2, 0.25) is 0 Å². The maximum Gasteiger partial charge on any atom is 0.331 e. The third-order valence-electron chi connectivity index (χ3n) is 3.16. The molecule has 0 aliphatic carbocycles. The number of hydrogen-bond acceptors (Lipinski definition) is 3. The van der Waals surface area contributed by atoms with E-state index in [-0.39, 0.29) is 17.1 Å². The Hall–Kier alpha value is -2.11. The fourth-order valence-electron chi connectivity index (χ4n) is 1.80. The van der Waals surface area contributed by atoms with E-state index in [9.17, 15) is 9.59 Å². The van der Waals surface area contributed by atoms with Gasteiger partial charge in [-0.2, -0.15) is 5.10 Å². The maximum absolute atomic E-state index is 11.7. The molecule has 110 valence electrons. The standard InChI is InChI=1S/C14H21N3O3/c1-9-8-10(2)17(16-9)7-5-6-15-13(18)11(3)12(4)14(19)20/h8H,5-7H2,1-4H3,(H,15,18)(H,19,20)/b12-11+. The van der Waals surface area contributed by atoms with E-state index in [4.69, 9.17) is 5.11 Å². The van der Waals surface area contributed by atoms with E-state index in [1.165, 1.54) is 13.8 Å². The summed E-state index contributed by atoms with van der Waals surface area (Å²) < 4.78 is 1.90. The van der Waals surface area contributed by atoms with Crippen LogP contribution in [0.1, 0.15) is 31.7 Å². The van der Waals surface area contributed by atoms with Gasteiger partial charge in [-0.1, -0.05) is 0 Å². The largest absolute Gasteiger partial charge is 0.478 e. The molecule has 1 heterocycles. The van der Waals surface area contributed by atoms with Crippen LogP contribution in [0, 0.1) is 13.8 Å². The van der Waals surface area contributed by atoms with Gasteiger partial charge < -0.3 is 10.4 Å². The van der Waals surface area contributed by atoms with Crippen LogP contribution in [0.25, 0.3) is 0 Å². The van der Waals surface area contributed by atoms with Crippen molar-refractivity contribution in [2.24, 2.45) is 0 Å². The molecule has 2 N–H and O–H groups in total. The summed E-state index contributed by atoms with van der Waals surface area (Å²) in [6.07, 6.45) is 0.743. The molecule has 0 bridgehead atoms. The van der Waals surface area contributed by atoms with Crippen LogP contribution >= 0.6 is 0 Å². The zero-order chi connectivity index (χ0) is 15.3. The minimum Gasteiger partial charge on any atom is -0.478 e. The van der Waals surface area contributed by atoms with Crippen LogP contribution in [0.4, 0.5) is 0 Å². The molecule has 0 fully saturated rings. The van der Waals surface area contributed by atoms with E-state index in [0.29, 0.717) is 6.54 Å². The number of hydrogen-bond donors (Lipinski definition) is 2. The topological polar surface area (TPSA) is 84.2 Å². The van der Waals surface area contributed by atoms with Crippen molar-refractivity contribution in [1.29, 1.82) is 0 Å². The highest BCUT2D eigenvalue weighted by molar-refractivity contribution is 6.01. The van der Waals surface area contributed by atoms with Crippen molar-refractivity contribution in [3.05, 3.63) is 28.6 Å². The fraction of sp³-hybridized carbons (Fsp3) is 0.500. The first-order valence-electron chi connectivity index (χ1n) is 6.53. The lowest BCUT2D eigenvalue weighted by atomic mass is 10.1.